The van der Waals surface area contributed by atoms with Gasteiger partial charge in [-0.15, -0.1) is 0 Å². The van der Waals surface area contributed by atoms with Crippen LogP contribution in [-0.4, -0.2) is 29.9 Å². The van der Waals surface area contributed by atoms with Crippen molar-refractivity contribution in [2.75, 3.05) is 13.2 Å². The molecule has 4 heteroatoms. The Kier molecular flexibility index (Phi) is 6.23. The number of carbonyl (C=O) groups is 2. The molecule has 1 aliphatic heterocycles. The van der Waals surface area contributed by atoms with E-state index >= 15 is 0 Å². The average Bonchev–Trinajstić information content (AvgIpc) is 3.04. The maximum Gasteiger partial charge on any atom is 0.261 e. The van der Waals surface area contributed by atoms with Gasteiger partial charge in [-0.3, -0.25) is 14.5 Å². The molecule has 2 amide bonds. The van der Waals surface area contributed by atoms with Gasteiger partial charge < -0.3 is 4.74 Å². The standard InChI is InChI=1S/C26H25NO3/c28-25-22-15-6-7-16-23(22)26(29)27(25)18-10-1-2-11-19-30-24-17-9-8-14-21(24)20-12-4-3-5-13-20/h3-9,12-17H,1-2,10-11,18-19H2. The lowest BCUT2D eigenvalue weighted by Crippen LogP contribution is -2.30. The van der Waals surface area contributed by atoms with Crippen molar-refractivity contribution in [2.24, 2.45) is 0 Å². The molecule has 0 saturated heterocycles. The molecule has 0 bridgehead atoms. The van der Waals surface area contributed by atoms with Gasteiger partial charge in [0.1, 0.15) is 5.75 Å². The summed E-state index contributed by atoms with van der Waals surface area (Å²) < 4.78 is 6.03. The molecular weight excluding hydrogens is 374 g/mol. The van der Waals surface area contributed by atoms with E-state index in [2.05, 4.69) is 18.2 Å². The minimum Gasteiger partial charge on any atom is -0.493 e. The zero-order valence-electron chi connectivity index (χ0n) is 16.9. The van der Waals surface area contributed by atoms with Crippen molar-refractivity contribution >= 4 is 11.8 Å². The quantitative estimate of drug-likeness (QED) is 0.348. The van der Waals surface area contributed by atoms with E-state index in [0.717, 1.165) is 42.6 Å². The Hall–Kier alpha value is -3.40. The first-order valence-electron chi connectivity index (χ1n) is 10.5. The molecule has 0 atom stereocenters. The van der Waals surface area contributed by atoms with Gasteiger partial charge in [0, 0.05) is 12.1 Å². The fourth-order valence-electron chi connectivity index (χ4n) is 3.80. The molecule has 0 unspecified atom stereocenters. The van der Waals surface area contributed by atoms with Gasteiger partial charge in [0.2, 0.25) is 0 Å². The first-order valence-corrected chi connectivity index (χ1v) is 10.5. The van der Waals surface area contributed by atoms with Crippen LogP contribution in [0.5, 0.6) is 5.75 Å². The lowest BCUT2D eigenvalue weighted by Gasteiger charge is -2.14. The number of hydrogen-bond donors (Lipinski definition) is 0. The largest absolute Gasteiger partial charge is 0.493 e. The molecule has 1 aliphatic rings. The summed E-state index contributed by atoms with van der Waals surface area (Å²) in [5, 5.41) is 0. The maximum absolute atomic E-state index is 12.4. The molecule has 0 saturated carbocycles. The zero-order chi connectivity index (χ0) is 20.8. The van der Waals surface area contributed by atoms with Gasteiger partial charge in [0.25, 0.3) is 11.8 Å². The van der Waals surface area contributed by atoms with E-state index in [1.807, 2.05) is 36.4 Å². The summed E-state index contributed by atoms with van der Waals surface area (Å²) in [6, 6.07) is 25.4. The Labute approximate surface area is 177 Å². The zero-order valence-corrected chi connectivity index (χ0v) is 16.9. The van der Waals surface area contributed by atoms with Crippen molar-refractivity contribution in [1.29, 1.82) is 0 Å². The number of amides is 2. The molecule has 3 aromatic rings. The molecule has 3 aromatic carbocycles. The van der Waals surface area contributed by atoms with Gasteiger partial charge >= 0.3 is 0 Å². The van der Waals surface area contributed by atoms with Crippen LogP contribution in [0.15, 0.2) is 78.9 Å². The van der Waals surface area contributed by atoms with E-state index in [4.69, 9.17) is 4.74 Å². The fraction of sp³-hybridized carbons (Fsp3) is 0.231. The predicted octanol–water partition coefficient (Wildman–Crippen LogP) is 5.59. The van der Waals surface area contributed by atoms with E-state index in [0.29, 0.717) is 24.3 Å². The highest BCUT2D eigenvalue weighted by Gasteiger charge is 2.34. The number of benzene rings is 3. The molecule has 0 radical (unpaired) electrons. The SMILES string of the molecule is O=C1c2ccccc2C(=O)N1CCCCCCOc1ccccc1-c1ccccc1. The van der Waals surface area contributed by atoms with Crippen molar-refractivity contribution in [1.82, 2.24) is 4.90 Å². The van der Waals surface area contributed by atoms with Crippen molar-refractivity contribution in [2.45, 2.75) is 25.7 Å². The first-order chi connectivity index (χ1) is 14.8. The molecule has 4 nitrogen and oxygen atoms in total. The number of unbranched alkanes of at least 4 members (excludes halogenated alkanes) is 3. The van der Waals surface area contributed by atoms with E-state index in [1.165, 1.54) is 4.90 Å². The molecule has 0 N–H and O–H groups in total. The first kappa shape index (κ1) is 19.9. The van der Waals surface area contributed by atoms with Crippen LogP contribution < -0.4 is 4.74 Å². The number of imide groups is 1. The molecule has 0 spiro atoms. The van der Waals surface area contributed by atoms with Crippen molar-refractivity contribution in [3.8, 4) is 16.9 Å². The normalized spacial score (nSPS) is 12.9. The summed E-state index contributed by atoms with van der Waals surface area (Å²) in [7, 11) is 0. The third-order valence-corrected chi connectivity index (χ3v) is 5.38. The molecule has 152 valence electrons. The predicted molar refractivity (Wildman–Crippen MR) is 118 cm³/mol. The summed E-state index contributed by atoms with van der Waals surface area (Å²) in [5.41, 5.74) is 3.29. The lowest BCUT2D eigenvalue weighted by molar-refractivity contribution is 0.0651. The molecule has 0 aliphatic carbocycles. The Balaban J connectivity index is 1.20. The van der Waals surface area contributed by atoms with Crippen LogP contribution in [0.1, 0.15) is 46.4 Å². The minimum atomic E-state index is -0.170. The molecule has 1 heterocycles. The molecule has 0 fully saturated rings. The van der Waals surface area contributed by atoms with Crippen molar-refractivity contribution in [3.05, 3.63) is 90.0 Å². The Morgan fingerprint density at radius 1 is 0.600 bits per heavy atom. The number of fused-ring (bicyclic) bond motifs is 1. The second-order valence-corrected chi connectivity index (χ2v) is 7.43. The number of hydrogen-bond acceptors (Lipinski definition) is 3. The molecular formula is C26H25NO3. The number of rotatable bonds is 9. The second kappa shape index (κ2) is 9.40. The average molecular weight is 399 g/mol. The third-order valence-electron chi connectivity index (χ3n) is 5.38. The van der Waals surface area contributed by atoms with Gasteiger partial charge in [0.05, 0.1) is 17.7 Å². The Bertz CT molecular complexity index is 994. The summed E-state index contributed by atoms with van der Waals surface area (Å²) in [5.74, 6) is 0.558. The van der Waals surface area contributed by atoms with Gasteiger partial charge in [-0.25, -0.2) is 0 Å². The van der Waals surface area contributed by atoms with E-state index in [9.17, 15) is 9.59 Å². The minimum absolute atomic E-state index is 0.170. The monoisotopic (exact) mass is 399 g/mol. The van der Waals surface area contributed by atoms with Crippen LogP contribution >= 0.6 is 0 Å². The topological polar surface area (TPSA) is 46.6 Å². The summed E-state index contributed by atoms with van der Waals surface area (Å²) >= 11 is 0. The van der Waals surface area contributed by atoms with Crippen molar-refractivity contribution < 1.29 is 14.3 Å². The van der Waals surface area contributed by atoms with E-state index in [-0.39, 0.29) is 11.8 Å². The number of para-hydroxylation sites is 1. The van der Waals surface area contributed by atoms with Crippen LogP contribution in [0, 0.1) is 0 Å². The van der Waals surface area contributed by atoms with Crippen LogP contribution in [0.3, 0.4) is 0 Å². The van der Waals surface area contributed by atoms with Gasteiger partial charge in [-0.05, 0) is 36.6 Å². The second-order valence-electron chi connectivity index (χ2n) is 7.43. The molecule has 30 heavy (non-hydrogen) atoms. The highest BCUT2D eigenvalue weighted by Crippen LogP contribution is 2.29. The molecule has 0 aromatic heterocycles. The van der Waals surface area contributed by atoms with Gasteiger partial charge in [-0.1, -0.05) is 73.5 Å². The summed E-state index contributed by atoms with van der Waals surface area (Å²) in [6.07, 6.45) is 3.70. The van der Waals surface area contributed by atoms with E-state index in [1.54, 1.807) is 24.3 Å². The fourth-order valence-corrected chi connectivity index (χ4v) is 3.80. The number of carbonyl (C=O) groups excluding carboxylic acids is 2. The van der Waals surface area contributed by atoms with Crippen LogP contribution in [0.2, 0.25) is 0 Å². The maximum atomic E-state index is 12.4. The smallest absolute Gasteiger partial charge is 0.261 e. The highest BCUT2D eigenvalue weighted by molar-refractivity contribution is 6.21. The summed E-state index contributed by atoms with van der Waals surface area (Å²) in [4.78, 5) is 26.1. The van der Waals surface area contributed by atoms with Crippen LogP contribution in [-0.2, 0) is 0 Å². The van der Waals surface area contributed by atoms with E-state index < -0.39 is 0 Å². The van der Waals surface area contributed by atoms with Crippen molar-refractivity contribution in [3.63, 3.8) is 0 Å². The third kappa shape index (κ3) is 4.28. The van der Waals surface area contributed by atoms with Gasteiger partial charge in [-0.2, -0.15) is 0 Å². The highest BCUT2D eigenvalue weighted by atomic mass is 16.5. The number of nitrogens with zero attached hydrogens (tertiary/aromatic N) is 1. The molecule has 4 rings (SSSR count). The van der Waals surface area contributed by atoms with Gasteiger partial charge in [0.15, 0.2) is 0 Å². The summed E-state index contributed by atoms with van der Waals surface area (Å²) in [6.45, 7) is 1.13. The Morgan fingerprint density at radius 3 is 1.87 bits per heavy atom. The van der Waals surface area contributed by atoms with Crippen LogP contribution in [0.4, 0.5) is 0 Å². The Morgan fingerprint density at radius 2 is 1.17 bits per heavy atom. The number of ether oxygens (including phenoxy) is 1. The van der Waals surface area contributed by atoms with Crippen LogP contribution in [0.25, 0.3) is 11.1 Å². The lowest BCUT2D eigenvalue weighted by atomic mass is 10.1.